The molecule has 0 fully saturated rings. The first-order chi connectivity index (χ1) is 3.56. The second-order valence-corrected chi connectivity index (χ2v) is 1.99. The Balaban J connectivity index is 3.63. The summed E-state index contributed by atoms with van der Waals surface area (Å²) in [5.41, 5.74) is 0. The highest BCUT2D eigenvalue weighted by Gasteiger charge is 1.99. The van der Waals surface area contributed by atoms with E-state index in [4.69, 9.17) is 4.55 Å². The van der Waals surface area contributed by atoms with Crippen LogP contribution in [-0.4, -0.2) is 19.6 Å². The van der Waals surface area contributed by atoms with Gasteiger partial charge in [0.15, 0.2) is 0 Å². The van der Waals surface area contributed by atoms with Gasteiger partial charge in [-0.15, -0.1) is 6.42 Å². The molecule has 0 unspecified atom stereocenters. The highest BCUT2D eigenvalue weighted by atomic mass is 32.3. The van der Waals surface area contributed by atoms with Crippen LogP contribution in [0.1, 0.15) is 0 Å². The lowest BCUT2D eigenvalue weighted by Crippen LogP contribution is -2.02. The standard InChI is InChI=1S/C3H4O4S/c1-2-3-7-8(4,5)6/h1H,3H2,(H,4,5,6). The minimum absolute atomic E-state index is 0.432. The zero-order valence-electron chi connectivity index (χ0n) is 3.86. The third-order valence-electron chi connectivity index (χ3n) is 0.291. The van der Waals surface area contributed by atoms with Crippen LogP contribution in [0.3, 0.4) is 0 Å². The van der Waals surface area contributed by atoms with E-state index in [0.29, 0.717) is 0 Å². The Hall–Kier alpha value is -0.570. The molecule has 0 radical (unpaired) electrons. The Morgan fingerprint density at radius 1 is 1.75 bits per heavy atom. The highest BCUT2D eigenvalue weighted by Crippen LogP contribution is 1.81. The van der Waals surface area contributed by atoms with E-state index in [1.165, 1.54) is 0 Å². The van der Waals surface area contributed by atoms with Crippen molar-refractivity contribution in [3.63, 3.8) is 0 Å². The Morgan fingerprint density at radius 2 is 2.25 bits per heavy atom. The molecule has 4 nitrogen and oxygen atoms in total. The highest BCUT2D eigenvalue weighted by molar-refractivity contribution is 7.80. The lowest BCUT2D eigenvalue weighted by molar-refractivity contribution is 0.300. The van der Waals surface area contributed by atoms with Crippen molar-refractivity contribution in [3.05, 3.63) is 0 Å². The van der Waals surface area contributed by atoms with E-state index in [0.717, 1.165) is 0 Å². The summed E-state index contributed by atoms with van der Waals surface area (Å²) in [5.74, 6) is 1.86. The number of hydrogen-bond donors (Lipinski definition) is 1. The molecule has 0 aliphatic heterocycles. The summed E-state index contributed by atoms with van der Waals surface area (Å²) < 4.78 is 30.7. The molecule has 1 N–H and O–H groups in total. The third kappa shape index (κ3) is 5.43. The predicted octanol–water partition coefficient (Wildman–Crippen LogP) is -0.561. The van der Waals surface area contributed by atoms with Gasteiger partial charge in [-0.2, -0.15) is 8.42 Å². The van der Waals surface area contributed by atoms with Gasteiger partial charge in [-0.3, -0.25) is 4.55 Å². The van der Waals surface area contributed by atoms with Crippen LogP contribution in [0, 0.1) is 12.3 Å². The lowest BCUT2D eigenvalue weighted by Gasteiger charge is -1.88. The van der Waals surface area contributed by atoms with Crippen LogP contribution < -0.4 is 0 Å². The fraction of sp³-hybridized carbons (Fsp3) is 0.333. The molecule has 0 aromatic heterocycles. The van der Waals surface area contributed by atoms with Crippen molar-refractivity contribution >= 4 is 10.4 Å². The second kappa shape index (κ2) is 2.67. The zero-order valence-corrected chi connectivity index (χ0v) is 4.68. The maximum absolute atomic E-state index is 9.63. The van der Waals surface area contributed by atoms with Gasteiger partial charge in [0.1, 0.15) is 6.61 Å². The minimum Gasteiger partial charge on any atom is -0.264 e. The maximum Gasteiger partial charge on any atom is 0.398 e. The number of hydrogen-bond acceptors (Lipinski definition) is 3. The summed E-state index contributed by atoms with van der Waals surface area (Å²) in [6, 6.07) is 0. The smallest absolute Gasteiger partial charge is 0.264 e. The fourth-order valence-corrected chi connectivity index (χ4v) is 0.325. The van der Waals surface area contributed by atoms with Crippen molar-refractivity contribution in [2.45, 2.75) is 0 Å². The maximum atomic E-state index is 9.63. The molecular formula is C3H4O4S. The van der Waals surface area contributed by atoms with Crippen LogP contribution >= 0.6 is 0 Å². The van der Waals surface area contributed by atoms with E-state index in [1.807, 2.05) is 5.92 Å². The molecule has 0 bridgehead atoms. The quantitative estimate of drug-likeness (QED) is 0.408. The molecule has 0 saturated heterocycles. The molecule has 5 heteroatoms. The Kier molecular flexibility index (Phi) is 2.48. The molecular weight excluding hydrogens is 132 g/mol. The summed E-state index contributed by atoms with van der Waals surface area (Å²) in [6.07, 6.45) is 4.59. The third-order valence-corrected chi connectivity index (χ3v) is 0.707. The van der Waals surface area contributed by atoms with E-state index in [-0.39, 0.29) is 0 Å². The van der Waals surface area contributed by atoms with Crippen molar-refractivity contribution in [1.82, 2.24) is 0 Å². The van der Waals surface area contributed by atoms with E-state index in [9.17, 15) is 8.42 Å². The molecule has 0 heterocycles. The summed E-state index contributed by atoms with van der Waals surface area (Å²) in [5, 5.41) is 0. The first-order valence-corrected chi connectivity index (χ1v) is 2.98. The molecule has 0 aliphatic carbocycles. The normalized spacial score (nSPS) is 10.5. The van der Waals surface area contributed by atoms with E-state index < -0.39 is 17.0 Å². The summed E-state index contributed by atoms with van der Waals surface area (Å²) in [6.45, 7) is -0.432. The first-order valence-electron chi connectivity index (χ1n) is 1.61. The summed E-state index contributed by atoms with van der Waals surface area (Å²) in [7, 11) is -4.33. The van der Waals surface area contributed by atoms with E-state index >= 15 is 0 Å². The predicted molar refractivity (Wildman–Crippen MR) is 26.3 cm³/mol. The summed E-state index contributed by atoms with van der Waals surface area (Å²) >= 11 is 0. The van der Waals surface area contributed by atoms with Gasteiger partial charge in [-0.1, -0.05) is 5.92 Å². The average Bonchev–Trinajstić information content (AvgIpc) is 1.59. The number of terminal acetylenes is 1. The van der Waals surface area contributed by atoms with Gasteiger partial charge in [-0.05, 0) is 0 Å². The van der Waals surface area contributed by atoms with Gasteiger partial charge < -0.3 is 0 Å². The van der Waals surface area contributed by atoms with Crippen LogP contribution in [0.15, 0.2) is 0 Å². The van der Waals surface area contributed by atoms with E-state index in [1.54, 1.807) is 0 Å². The second-order valence-electron chi connectivity index (χ2n) is 0.894. The first kappa shape index (κ1) is 7.43. The van der Waals surface area contributed by atoms with Gasteiger partial charge in [0.05, 0.1) is 0 Å². The average molecular weight is 136 g/mol. The van der Waals surface area contributed by atoms with Gasteiger partial charge in [0.25, 0.3) is 0 Å². The molecule has 0 spiro atoms. The number of rotatable bonds is 2. The van der Waals surface area contributed by atoms with Crippen molar-refractivity contribution in [1.29, 1.82) is 0 Å². The van der Waals surface area contributed by atoms with Gasteiger partial charge in [-0.25, -0.2) is 4.18 Å². The molecule has 0 rings (SSSR count). The molecule has 0 aromatic rings. The molecule has 46 valence electrons. The van der Waals surface area contributed by atoms with Crippen LogP contribution in [0.2, 0.25) is 0 Å². The zero-order chi connectivity index (χ0) is 6.62. The van der Waals surface area contributed by atoms with Crippen molar-refractivity contribution in [2.75, 3.05) is 6.61 Å². The van der Waals surface area contributed by atoms with Crippen LogP contribution in [0.25, 0.3) is 0 Å². The largest absolute Gasteiger partial charge is 0.398 e. The van der Waals surface area contributed by atoms with Crippen LogP contribution in [0.4, 0.5) is 0 Å². The molecule has 0 amide bonds. The fourth-order valence-electron chi connectivity index (χ4n) is 0.108. The Labute approximate surface area is 47.4 Å². The summed E-state index contributed by atoms with van der Waals surface area (Å²) in [4.78, 5) is 0. The van der Waals surface area contributed by atoms with Crippen molar-refractivity contribution < 1.29 is 17.2 Å². The van der Waals surface area contributed by atoms with Crippen LogP contribution in [-0.2, 0) is 14.6 Å². The lowest BCUT2D eigenvalue weighted by atomic mass is 10.8. The molecule has 0 atom stereocenters. The van der Waals surface area contributed by atoms with E-state index in [2.05, 4.69) is 10.6 Å². The van der Waals surface area contributed by atoms with Crippen LogP contribution in [0.5, 0.6) is 0 Å². The van der Waals surface area contributed by atoms with Gasteiger partial charge >= 0.3 is 10.4 Å². The molecule has 8 heavy (non-hydrogen) atoms. The van der Waals surface area contributed by atoms with Gasteiger partial charge in [0.2, 0.25) is 0 Å². The van der Waals surface area contributed by atoms with Crippen molar-refractivity contribution in [2.24, 2.45) is 0 Å². The monoisotopic (exact) mass is 136 g/mol. The van der Waals surface area contributed by atoms with Gasteiger partial charge in [0, 0.05) is 0 Å². The molecule has 0 aliphatic rings. The minimum atomic E-state index is -4.33. The SMILES string of the molecule is C#CCOS(=O)(=O)O. The Morgan fingerprint density at radius 3 is 2.38 bits per heavy atom. The molecule has 0 saturated carbocycles. The topological polar surface area (TPSA) is 63.6 Å². The Bertz CT molecular complexity index is 184. The molecule has 0 aromatic carbocycles. The van der Waals surface area contributed by atoms with Crippen molar-refractivity contribution in [3.8, 4) is 12.3 Å².